The van der Waals surface area contributed by atoms with E-state index in [0.717, 1.165) is 0 Å². The number of nitro benzene ring substituents is 1. The van der Waals surface area contributed by atoms with Crippen LogP contribution in [0.2, 0.25) is 0 Å². The van der Waals surface area contributed by atoms with Gasteiger partial charge in [0.1, 0.15) is 5.76 Å². The molecule has 2 aliphatic rings. The molecule has 0 saturated carbocycles. The van der Waals surface area contributed by atoms with E-state index in [2.05, 4.69) is 4.98 Å². The maximum absolute atomic E-state index is 13.2. The number of piperidine rings is 1. The highest BCUT2D eigenvalue weighted by Crippen LogP contribution is 2.42. The van der Waals surface area contributed by atoms with Gasteiger partial charge in [0.05, 0.1) is 23.1 Å². The molecular weight excluding hydrogens is 456 g/mol. The maximum atomic E-state index is 13.2. The SMILES string of the molecule is CCOC(=O)N1CCC(N2C(=O)C(=O)/C(=C(/O)c3ccc([N+](=O)[O-])cc3)C2c2ccncc2)CC1. The lowest BCUT2D eigenvalue weighted by Gasteiger charge is -2.38. The maximum Gasteiger partial charge on any atom is 0.409 e. The summed E-state index contributed by atoms with van der Waals surface area (Å²) in [6.07, 6.45) is 3.52. The molecule has 11 heteroatoms. The molecule has 0 aliphatic carbocycles. The van der Waals surface area contributed by atoms with Gasteiger partial charge in [0.25, 0.3) is 17.4 Å². The Morgan fingerprint density at radius 3 is 2.34 bits per heavy atom. The minimum absolute atomic E-state index is 0.0946. The molecule has 1 aromatic heterocycles. The normalized spacial score (nSPS) is 20.2. The summed E-state index contributed by atoms with van der Waals surface area (Å²) >= 11 is 0. The summed E-state index contributed by atoms with van der Waals surface area (Å²) in [5, 5.41) is 22.1. The second kappa shape index (κ2) is 9.92. The van der Waals surface area contributed by atoms with Crippen molar-refractivity contribution >= 4 is 29.2 Å². The molecule has 182 valence electrons. The number of carbonyl (C=O) groups excluding carboxylic acids is 3. The van der Waals surface area contributed by atoms with Crippen molar-refractivity contribution in [3.63, 3.8) is 0 Å². The van der Waals surface area contributed by atoms with Crippen molar-refractivity contribution in [1.29, 1.82) is 0 Å². The fourth-order valence-electron chi connectivity index (χ4n) is 4.54. The molecule has 0 bridgehead atoms. The van der Waals surface area contributed by atoms with E-state index in [4.69, 9.17) is 4.74 Å². The van der Waals surface area contributed by atoms with Crippen LogP contribution in [0.3, 0.4) is 0 Å². The fourth-order valence-corrected chi connectivity index (χ4v) is 4.54. The van der Waals surface area contributed by atoms with Crippen LogP contribution in [-0.4, -0.2) is 68.3 Å². The number of likely N-dealkylation sites (tertiary alicyclic amines) is 2. The zero-order valence-corrected chi connectivity index (χ0v) is 19.0. The molecule has 3 heterocycles. The Bertz CT molecular complexity index is 1170. The quantitative estimate of drug-likeness (QED) is 0.226. The Hall–Kier alpha value is -4.28. The van der Waals surface area contributed by atoms with E-state index < -0.39 is 34.5 Å². The minimum Gasteiger partial charge on any atom is -0.507 e. The molecule has 2 saturated heterocycles. The van der Waals surface area contributed by atoms with E-state index in [9.17, 15) is 29.6 Å². The van der Waals surface area contributed by atoms with E-state index in [1.807, 2.05) is 0 Å². The van der Waals surface area contributed by atoms with E-state index in [0.29, 0.717) is 31.5 Å². The van der Waals surface area contributed by atoms with Gasteiger partial charge in [0.15, 0.2) is 0 Å². The number of non-ortho nitro benzene ring substituents is 1. The number of aliphatic hydroxyl groups is 1. The molecule has 1 N–H and O–H groups in total. The van der Waals surface area contributed by atoms with Gasteiger partial charge >= 0.3 is 6.09 Å². The Morgan fingerprint density at radius 1 is 1.14 bits per heavy atom. The van der Waals surface area contributed by atoms with Crippen molar-refractivity contribution < 1.29 is 29.2 Å². The number of pyridine rings is 1. The van der Waals surface area contributed by atoms with Crippen molar-refractivity contribution in [2.45, 2.75) is 31.8 Å². The fraction of sp³-hybridized carbons (Fsp3) is 0.333. The molecule has 2 aromatic rings. The lowest BCUT2D eigenvalue weighted by molar-refractivity contribution is -0.384. The van der Waals surface area contributed by atoms with Gasteiger partial charge in [-0.25, -0.2) is 4.79 Å². The summed E-state index contributed by atoms with van der Waals surface area (Å²) in [5.41, 5.74) is 0.518. The molecule has 1 atom stereocenters. The molecule has 35 heavy (non-hydrogen) atoms. The van der Waals surface area contributed by atoms with Crippen molar-refractivity contribution in [2.24, 2.45) is 0 Å². The third kappa shape index (κ3) is 4.57. The average molecular weight is 480 g/mol. The van der Waals surface area contributed by atoms with Gasteiger partial charge in [-0.15, -0.1) is 0 Å². The predicted octanol–water partition coefficient (Wildman–Crippen LogP) is 3.03. The molecule has 4 rings (SSSR count). The first-order valence-corrected chi connectivity index (χ1v) is 11.2. The zero-order valence-electron chi connectivity index (χ0n) is 19.0. The van der Waals surface area contributed by atoms with Crippen molar-refractivity contribution in [1.82, 2.24) is 14.8 Å². The Balaban J connectivity index is 1.71. The van der Waals surface area contributed by atoms with Crippen LogP contribution >= 0.6 is 0 Å². The summed E-state index contributed by atoms with van der Waals surface area (Å²) in [7, 11) is 0. The van der Waals surface area contributed by atoms with Crippen LogP contribution in [-0.2, 0) is 14.3 Å². The van der Waals surface area contributed by atoms with Crippen LogP contribution in [0.5, 0.6) is 0 Å². The first-order chi connectivity index (χ1) is 16.8. The van der Waals surface area contributed by atoms with Gasteiger partial charge in [-0.2, -0.15) is 0 Å². The van der Waals surface area contributed by atoms with Gasteiger partial charge in [-0.3, -0.25) is 24.7 Å². The molecule has 1 unspecified atom stereocenters. The second-order valence-electron chi connectivity index (χ2n) is 8.21. The van der Waals surface area contributed by atoms with Gasteiger partial charge in [-0.1, -0.05) is 0 Å². The third-order valence-corrected chi connectivity index (χ3v) is 6.24. The number of rotatable bonds is 5. The highest BCUT2D eigenvalue weighted by Gasteiger charge is 2.49. The Labute approximate surface area is 200 Å². The van der Waals surface area contributed by atoms with E-state index in [-0.39, 0.29) is 29.5 Å². The Kier molecular flexibility index (Phi) is 6.76. The van der Waals surface area contributed by atoms with Crippen LogP contribution in [0.15, 0.2) is 54.4 Å². The summed E-state index contributed by atoms with van der Waals surface area (Å²) in [6.45, 7) is 2.71. The molecule has 2 aliphatic heterocycles. The van der Waals surface area contributed by atoms with Crippen LogP contribution in [0.1, 0.15) is 36.9 Å². The standard InChI is InChI=1S/C24H24N4O7/c1-2-35-24(32)26-13-9-17(10-14-26)27-20(15-7-11-25-12-8-15)19(22(30)23(27)31)21(29)16-3-5-18(6-4-16)28(33)34/h3-8,11-12,17,20,29H,2,9-10,13-14H2,1H3/b21-19+. The van der Waals surface area contributed by atoms with Crippen molar-refractivity contribution in [3.8, 4) is 0 Å². The number of Topliss-reactive ketones (excluding diaryl/α,β-unsaturated/α-hetero) is 1. The lowest BCUT2D eigenvalue weighted by Crippen LogP contribution is -2.48. The second-order valence-corrected chi connectivity index (χ2v) is 8.21. The molecular formula is C24H24N4O7. The predicted molar refractivity (Wildman–Crippen MR) is 123 cm³/mol. The van der Waals surface area contributed by atoms with E-state index in [1.54, 1.807) is 24.0 Å². The summed E-state index contributed by atoms with van der Waals surface area (Å²) in [6, 6.07) is 7.23. The minimum atomic E-state index is -0.868. The first kappa shape index (κ1) is 23.9. The monoisotopic (exact) mass is 480 g/mol. The number of carbonyl (C=O) groups is 3. The molecule has 2 amide bonds. The highest BCUT2D eigenvalue weighted by atomic mass is 16.6. The van der Waals surface area contributed by atoms with Gasteiger partial charge in [0.2, 0.25) is 0 Å². The van der Waals surface area contributed by atoms with Crippen LogP contribution in [0.4, 0.5) is 10.5 Å². The number of hydrogen-bond acceptors (Lipinski definition) is 8. The van der Waals surface area contributed by atoms with Gasteiger partial charge in [-0.05, 0) is 49.6 Å². The number of aromatic nitrogens is 1. The number of hydrogen-bond donors (Lipinski definition) is 1. The van der Waals surface area contributed by atoms with Crippen LogP contribution < -0.4 is 0 Å². The summed E-state index contributed by atoms with van der Waals surface area (Å²) in [4.78, 5) is 55.9. The number of amides is 2. The third-order valence-electron chi connectivity index (χ3n) is 6.24. The van der Waals surface area contributed by atoms with E-state index >= 15 is 0 Å². The van der Waals surface area contributed by atoms with Crippen LogP contribution in [0, 0.1) is 10.1 Å². The summed E-state index contributed by atoms with van der Waals surface area (Å²) in [5.74, 6) is -1.99. The lowest BCUT2D eigenvalue weighted by atomic mass is 9.94. The van der Waals surface area contributed by atoms with Crippen molar-refractivity contribution in [2.75, 3.05) is 19.7 Å². The van der Waals surface area contributed by atoms with Crippen LogP contribution in [0.25, 0.3) is 5.76 Å². The van der Waals surface area contributed by atoms with Crippen molar-refractivity contribution in [3.05, 3.63) is 75.6 Å². The molecule has 0 spiro atoms. The smallest absolute Gasteiger partial charge is 0.409 e. The largest absolute Gasteiger partial charge is 0.507 e. The number of benzene rings is 1. The molecule has 1 aromatic carbocycles. The molecule has 0 radical (unpaired) electrons. The molecule has 11 nitrogen and oxygen atoms in total. The average Bonchev–Trinajstić information content (AvgIpc) is 3.14. The van der Waals surface area contributed by atoms with Gasteiger partial charge in [0, 0.05) is 49.2 Å². The molecule has 2 fully saturated rings. The van der Waals surface area contributed by atoms with E-state index in [1.165, 1.54) is 41.6 Å². The highest BCUT2D eigenvalue weighted by molar-refractivity contribution is 6.46. The zero-order chi connectivity index (χ0) is 25.1. The Morgan fingerprint density at radius 2 is 1.77 bits per heavy atom. The number of ketones is 1. The van der Waals surface area contributed by atoms with Gasteiger partial charge < -0.3 is 19.6 Å². The first-order valence-electron chi connectivity index (χ1n) is 11.2. The number of nitro groups is 1. The number of nitrogens with zero attached hydrogens (tertiary/aromatic N) is 4. The topological polar surface area (TPSA) is 143 Å². The summed E-state index contributed by atoms with van der Waals surface area (Å²) < 4.78 is 5.05. The number of aliphatic hydroxyl groups excluding tert-OH is 1. The number of ether oxygens (including phenoxy) is 1.